The molecule has 0 saturated heterocycles. The molecule has 0 aliphatic heterocycles. The third kappa shape index (κ3) is 6.69. The van der Waals surface area contributed by atoms with E-state index in [0.717, 1.165) is 0 Å². The average molecular weight is 434 g/mol. The molecule has 0 bridgehead atoms. The van der Waals surface area contributed by atoms with Crippen LogP contribution in [0.2, 0.25) is 20.1 Å². The minimum absolute atomic E-state index is 0.171. The van der Waals surface area contributed by atoms with Crippen LogP contribution in [0.1, 0.15) is 25.7 Å². The third-order valence-corrected chi connectivity index (χ3v) is 4.56. The molecule has 0 saturated carbocycles. The van der Waals surface area contributed by atoms with Crippen LogP contribution in [0.5, 0.6) is 0 Å². The lowest BCUT2D eigenvalue weighted by Crippen LogP contribution is -2.13. The van der Waals surface area contributed by atoms with Gasteiger partial charge >= 0.3 is 0 Å². The molecular formula is C18H16Cl4N2O2. The Kier molecular flexibility index (Phi) is 8.04. The molecule has 0 aliphatic rings. The maximum atomic E-state index is 11.9. The summed E-state index contributed by atoms with van der Waals surface area (Å²) >= 11 is 23.6. The summed E-state index contributed by atoms with van der Waals surface area (Å²) in [6, 6.07) is 9.71. The second-order valence-corrected chi connectivity index (χ2v) is 7.24. The highest BCUT2D eigenvalue weighted by molar-refractivity contribution is 6.37. The summed E-state index contributed by atoms with van der Waals surface area (Å²) < 4.78 is 0. The van der Waals surface area contributed by atoms with Gasteiger partial charge in [0.25, 0.3) is 0 Å². The molecule has 2 aromatic rings. The second kappa shape index (κ2) is 10.0. The molecule has 0 unspecified atom stereocenters. The number of nitrogens with one attached hydrogen (secondary N) is 2. The molecule has 4 nitrogen and oxygen atoms in total. The van der Waals surface area contributed by atoms with Gasteiger partial charge in [0.05, 0.1) is 21.4 Å². The van der Waals surface area contributed by atoms with Crippen molar-refractivity contribution < 1.29 is 9.59 Å². The fourth-order valence-electron chi connectivity index (χ4n) is 2.18. The number of carbonyl (C=O) groups excluding carboxylic acids is 2. The largest absolute Gasteiger partial charge is 0.325 e. The normalized spacial score (nSPS) is 10.5. The van der Waals surface area contributed by atoms with E-state index < -0.39 is 0 Å². The van der Waals surface area contributed by atoms with Crippen LogP contribution in [0.3, 0.4) is 0 Å². The van der Waals surface area contributed by atoms with Crippen LogP contribution >= 0.6 is 46.4 Å². The third-order valence-electron chi connectivity index (χ3n) is 3.47. The van der Waals surface area contributed by atoms with Gasteiger partial charge < -0.3 is 10.6 Å². The van der Waals surface area contributed by atoms with Crippen molar-refractivity contribution >= 4 is 69.6 Å². The molecule has 2 aromatic carbocycles. The molecule has 0 radical (unpaired) electrons. The molecule has 0 aliphatic carbocycles. The number of benzene rings is 2. The Bertz CT molecular complexity index is 744. The summed E-state index contributed by atoms with van der Waals surface area (Å²) in [7, 11) is 0. The number of carbonyl (C=O) groups is 2. The lowest BCUT2D eigenvalue weighted by atomic mass is 10.1. The van der Waals surface area contributed by atoms with E-state index in [9.17, 15) is 9.59 Å². The zero-order valence-electron chi connectivity index (χ0n) is 13.6. The van der Waals surface area contributed by atoms with E-state index in [-0.39, 0.29) is 24.7 Å². The van der Waals surface area contributed by atoms with Crippen molar-refractivity contribution in [3.63, 3.8) is 0 Å². The highest BCUT2D eigenvalue weighted by Crippen LogP contribution is 2.26. The first kappa shape index (κ1) is 20.8. The summed E-state index contributed by atoms with van der Waals surface area (Å²) in [5.41, 5.74) is 1.02. The van der Waals surface area contributed by atoms with E-state index in [1.54, 1.807) is 36.4 Å². The highest BCUT2D eigenvalue weighted by atomic mass is 35.5. The van der Waals surface area contributed by atoms with Gasteiger partial charge in [0, 0.05) is 22.9 Å². The van der Waals surface area contributed by atoms with Crippen LogP contribution in [0.15, 0.2) is 36.4 Å². The van der Waals surface area contributed by atoms with Crippen molar-refractivity contribution in [3.05, 3.63) is 56.5 Å². The van der Waals surface area contributed by atoms with Gasteiger partial charge in [-0.1, -0.05) is 46.4 Å². The van der Waals surface area contributed by atoms with Crippen molar-refractivity contribution in [2.45, 2.75) is 25.7 Å². The van der Waals surface area contributed by atoms with Gasteiger partial charge in [-0.25, -0.2) is 0 Å². The number of hydrogen-bond acceptors (Lipinski definition) is 2. The summed E-state index contributed by atoms with van der Waals surface area (Å²) in [5, 5.41) is 7.20. The van der Waals surface area contributed by atoms with Gasteiger partial charge in [-0.05, 0) is 49.2 Å². The predicted molar refractivity (Wildman–Crippen MR) is 109 cm³/mol. The van der Waals surface area contributed by atoms with Crippen molar-refractivity contribution in [2.24, 2.45) is 0 Å². The second-order valence-electron chi connectivity index (χ2n) is 5.55. The molecule has 0 heterocycles. The minimum atomic E-state index is -0.171. The van der Waals surface area contributed by atoms with Gasteiger partial charge in [-0.15, -0.1) is 0 Å². The van der Waals surface area contributed by atoms with E-state index in [2.05, 4.69) is 10.6 Å². The Morgan fingerprint density at radius 2 is 1.08 bits per heavy atom. The minimum Gasteiger partial charge on any atom is -0.325 e. The van der Waals surface area contributed by atoms with Crippen molar-refractivity contribution in [2.75, 3.05) is 10.6 Å². The Morgan fingerprint density at radius 1 is 0.692 bits per heavy atom. The lowest BCUT2D eigenvalue weighted by Gasteiger charge is -2.08. The maximum absolute atomic E-state index is 11.9. The molecular weight excluding hydrogens is 418 g/mol. The fourth-order valence-corrected chi connectivity index (χ4v) is 3.09. The van der Waals surface area contributed by atoms with E-state index >= 15 is 0 Å². The molecule has 2 N–H and O–H groups in total. The summed E-state index contributed by atoms with van der Waals surface area (Å²) in [6.45, 7) is 0. The highest BCUT2D eigenvalue weighted by Gasteiger charge is 2.09. The fraction of sp³-hybridized carbons (Fsp3) is 0.222. The first-order valence-electron chi connectivity index (χ1n) is 7.85. The summed E-state index contributed by atoms with van der Waals surface area (Å²) in [4.78, 5) is 23.9. The van der Waals surface area contributed by atoms with E-state index in [0.29, 0.717) is 44.3 Å². The quantitative estimate of drug-likeness (QED) is 0.493. The van der Waals surface area contributed by atoms with Gasteiger partial charge in [-0.3, -0.25) is 9.59 Å². The van der Waals surface area contributed by atoms with Gasteiger partial charge in [-0.2, -0.15) is 0 Å². The van der Waals surface area contributed by atoms with Gasteiger partial charge in [0.15, 0.2) is 0 Å². The average Bonchev–Trinajstić information content (AvgIpc) is 2.57. The Morgan fingerprint density at radius 3 is 1.42 bits per heavy atom. The first-order valence-corrected chi connectivity index (χ1v) is 9.36. The topological polar surface area (TPSA) is 58.2 Å². The molecule has 138 valence electrons. The molecule has 2 rings (SSSR count). The monoisotopic (exact) mass is 432 g/mol. The van der Waals surface area contributed by atoms with Crippen LogP contribution in [-0.4, -0.2) is 11.8 Å². The number of anilines is 2. The first-order chi connectivity index (χ1) is 12.3. The zero-order chi connectivity index (χ0) is 19.1. The predicted octanol–water partition coefficient (Wildman–Crippen LogP) is 6.44. The molecule has 0 atom stereocenters. The number of halogens is 4. The summed E-state index contributed by atoms with van der Waals surface area (Å²) in [6.07, 6.45) is 1.71. The number of amides is 2. The van der Waals surface area contributed by atoms with Crippen LogP contribution in [0, 0.1) is 0 Å². The van der Waals surface area contributed by atoms with Crippen molar-refractivity contribution in [1.82, 2.24) is 0 Å². The standard InChI is InChI=1S/C18H16Cl4N2O2/c19-11-5-7-15(13(21)9-11)23-17(25)3-1-2-4-18(26)24-16-8-6-12(20)10-14(16)22/h5-10H,1-4H2,(H,23,25)(H,24,26). The van der Waals surface area contributed by atoms with E-state index in [4.69, 9.17) is 46.4 Å². The Labute approximate surface area is 171 Å². The number of rotatable bonds is 7. The maximum Gasteiger partial charge on any atom is 0.224 e. The van der Waals surface area contributed by atoms with E-state index in [1.807, 2.05) is 0 Å². The van der Waals surface area contributed by atoms with E-state index in [1.165, 1.54) is 0 Å². The van der Waals surface area contributed by atoms with Gasteiger partial charge in [0.2, 0.25) is 11.8 Å². The molecule has 2 amide bonds. The van der Waals surface area contributed by atoms with Crippen molar-refractivity contribution in [1.29, 1.82) is 0 Å². The lowest BCUT2D eigenvalue weighted by molar-refractivity contribution is -0.118. The number of hydrogen-bond donors (Lipinski definition) is 2. The number of unbranched alkanes of at least 4 members (excludes halogenated alkanes) is 1. The molecule has 0 spiro atoms. The molecule has 0 fully saturated rings. The Balaban J connectivity index is 1.70. The van der Waals surface area contributed by atoms with Gasteiger partial charge in [0.1, 0.15) is 0 Å². The van der Waals surface area contributed by atoms with Crippen LogP contribution in [0.25, 0.3) is 0 Å². The van der Waals surface area contributed by atoms with Crippen LogP contribution in [-0.2, 0) is 9.59 Å². The van der Waals surface area contributed by atoms with Crippen LogP contribution in [0.4, 0.5) is 11.4 Å². The Hall–Kier alpha value is -1.46. The zero-order valence-corrected chi connectivity index (χ0v) is 16.6. The molecule has 8 heteroatoms. The molecule has 26 heavy (non-hydrogen) atoms. The molecule has 0 aromatic heterocycles. The van der Waals surface area contributed by atoms with Crippen molar-refractivity contribution in [3.8, 4) is 0 Å². The summed E-state index contributed by atoms with van der Waals surface area (Å²) in [5.74, 6) is -0.342. The smallest absolute Gasteiger partial charge is 0.224 e. The SMILES string of the molecule is O=C(CCCCC(=O)Nc1ccc(Cl)cc1Cl)Nc1ccc(Cl)cc1Cl. The van der Waals surface area contributed by atoms with Crippen LogP contribution < -0.4 is 10.6 Å².